The highest BCUT2D eigenvalue weighted by atomic mass is 14.9. The number of rotatable bonds is 2. The van der Waals surface area contributed by atoms with Gasteiger partial charge in [-0.1, -0.05) is 18.2 Å². The van der Waals surface area contributed by atoms with Gasteiger partial charge in [-0.05, 0) is 30.4 Å². The van der Waals surface area contributed by atoms with Crippen molar-refractivity contribution in [3.05, 3.63) is 36.0 Å². The zero-order chi connectivity index (χ0) is 10.1. The first-order valence-electron chi connectivity index (χ1n) is 4.97. The fraction of sp³-hybridized carbons (Fsp3) is 0.333. The Kier molecular flexibility index (Phi) is 2.30. The van der Waals surface area contributed by atoms with Crippen LogP contribution in [0.5, 0.6) is 0 Å². The molecule has 2 heteroatoms. The van der Waals surface area contributed by atoms with Gasteiger partial charge in [0.25, 0.3) is 0 Å². The molecule has 0 amide bonds. The van der Waals surface area contributed by atoms with E-state index in [0.29, 0.717) is 0 Å². The average molecular weight is 188 g/mol. The molecule has 0 aliphatic carbocycles. The van der Waals surface area contributed by atoms with Crippen LogP contribution in [0.3, 0.4) is 0 Å². The summed E-state index contributed by atoms with van der Waals surface area (Å²) in [5, 5.41) is 1.30. The number of hydrogen-bond donors (Lipinski definition) is 1. The van der Waals surface area contributed by atoms with E-state index in [1.807, 2.05) is 6.92 Å². The molecule has 2 aromatic rings. The van der Waals surface area contributed by atoms with Crippen LogP contribution in [0.1, 0.15) is 12.5 Å². The molecule has 0 saturated heterocycles. The van der Waals surface area contributed by atoms with E-state index in [-0.39, 0.29) is 6.04 Å². The molecule has 1 heterocycles. The second kappa shape index (κ2) is 3.46. The van der Waals surface area contributed by atoms with Gasteiger partial charge in [0, 0.05) is 19.3 Å². The number of fused-ring (bicyclic) bond motifs is 1. The number of nitrogens with two attached hydrogens (primary N) is 1. The summed E-state index contributed by atoms with van der Waals surface area (Å²) in [5.74, 6) is 0. The van der Waals surface area contributed by atoms with Crippen molar-refractivity contribution < 1.29 is 0 Å². The number of para-hydroxylation sites is 1. The Morgan fingerprint density at radius 1 is 1.36 bits per heavy atom. The molecule has 2 N–H and O–H groups in total. The third-order valence-electron chi connectivity index (χ3n) is 2.52. The van der Waals surface area contributed by atoms with Crippen LogP contribution in [0.4, 0.5) is 0 Å². The van der Waals surface area contributed by atoms with Crippen LogP contribution in [0.15, 0.2) is 30.5 Å². The topological polar surface area (TPSA) is 30.9 Å². The van der Waals surface area contributed by atoms with Crippen LogP contribution in [-0.4, -0.2) is 10.6 Å². The summed E-state index contributed by atoms with van der Waals surface area (Å²) in [6.07, 6.45) is 3.03. The zero-order valence-corrected chi connectivity index (χ0v) is 8.70. The Labute approximate surface area is 84.3 Å². The SMILES string of the molecule is C[C@@H](N)Cc1cccc2ccn(C)c12. The minimum Gasteiger partial charge on any atom is -0.350 e. The average Bonchev–Trinajstić information content (AvgIpc) is 2.48. The van der Waals surface area contributed by atoms with E-state index < -0.39 is 0 Å². The van der Waals surface area contributed by atoms with E-state index in [1.54, 1.807) is 0 Å². The van der Waals surface area contributed by atoms with Gasteiger partial charge in [-0.3, -0.25) is 0 Å². The molecule has 1 atom stereocenters. The van der Waals surface area contributed by atoms with Gasteiger partial charge in [-0.15, -0.1) is 0 Å². The van der Waals surface area contributed by atoms with Gasteiger partial charge in [-0.25, -0.2) is 0 Å². The maximum atomic E-state index is 5.83. The lowest BCUT2D eigenvalue weighted by molar-refractivity contribution is 0.738. The van der Waals surface area contributed by atoms with Gasteiger partial charge in [0.2, 0.25) is 0 Å². The third kappa shape index (κ3) is 1.53. The third-order valence-corrected chi connectivity index (χ3v) is 2.52. The summed E-state index contributed by atoms with van der Waals surface area (Å²) in [7, 11) is 2.08. The van der Waals surface area contributed by atoms with Gasteiger partial charge in [-0.2, -0.15) is 0 Å². The second-order valence-corrected chi connectivity index (χ2v) is 3.96. The van der Waals surface area contributed by atoms with E-state index in [0.717, 1.165) is 6.42 Å². The van der Waals surface area contributed by atoms with E-state index in [1.165, 1.54) is 16.5 Å². The normalized spacial score (nSPS) is 13.4. The molecule has 2 nitrogen and oxygen atoms in total. The zero-order valence-electron chi connectivity index (χ0n) is 8.70. The number of aryl methyl sites for hydroxylation is 1. The number of aromatic nitrogens is 1. The van der Waals surface area contributed by atoms with Crippen molar-refractivity contribution in [1.29, 1.82) is 0 Å². The lowest BCUT2D eigenvalue weighted by atomic mass is 10.1. The predicted molar refractivity (Wildman–Crippen MR) is 60.3 cm³/mol. The van der Waals surface area contributed by atoms with Crippen LogP contribution in [-0.2, 0) is 13.5 Å². The van der Waals surface area contributed by atoms with E-state index >= 15 is 0 Å². The Bertz CT molecular complexity index is 441. The standard InChI is InChI=1S/C12H16N2/c1-9(13)8-11-5-3-4-10-6-7-14(2)12(10)11/h3-7,9H,8,13H2,1-2H3/t9-/m1/s1. The van der Waals surface area contributed by atoms with Crippen molar-refractivity contribution in [3.63, 3.8) is 0 Å². The monoisotopic (exact) mass is 188 g/mol. The number of benzene rings is 1. The minimum atomic E-state index is 0.218. The maximum Gasteiger partial charge on any atom is 0.0510 e. The molecule has 74 valence electrons. The van der Waals surface area contributed by atoms with Gasteiger partial charge < -0.3 is 10.3 Å². The van der Waals surface area contributed by atoms with Crippen molar-refractivity contribution in [2.45, 2.75) is 19.4 Å². The molecule has 1 aromatic heterocycles. The van der Waals surface area contributed by atoms with Crippen LogP contribution < -0.4 is 5.73 Å². The molecule has 0 aliphatic heterocycles. The van der Waals surface area contributed by atoms with Crippen molar-refractivity contribution in [2.24, 2.45) is 12.8 Å². The lowest BCUT2D eigenvalue weighted by Crippen LogP contribution is -2.18. The van der Waals surface area contributed by atoms with E-state index in [4.69, 9.17) is 5.73 Å². The van der Waals surface area contributed by atoms with Crippen LogP contribution >= 0.6 is 0 Å². The second-order valence-electron chi connectivity index (χ2n) is 3.96. The summed E-state index contributed by atoms with van der Waals surface area (Å²) in [5.41, 5.74) is 8.47. The van der Waals surface area contributed by atoms with E-state index in [9.17, 15) is 0 Å². The quantitative estimate of drug-likeness (QED) is 0.768. The predicted octanol–water partition coefficient (Wildman–Crippen LogP) is 2.07. The van der Waals surface area contributed by atoms with E-state index in [2.05, 4.69) is 42.1 Å². The molecule has 14 heavy (non-hydrogen) atoms. The molecular formula is C12H16N2. The highest BCUT2D eigenvalue weighted by molar-refractivity contribution is 5.83. The first kappa shape index (κ1) is 9.28. The minimum absolute atomic E-state index is 0.218. The fourth-order valence-electron chi connectivity index (χ4n) is 1.95. The largest absolute Gasteiger partial charge is 0.350 e. The van der Waals surface area contributed by atoms with Crippen molar-refractivity contribution in [1.82, 2.24) is 4.57 Å². The molecular weight excluding hydrogens is 172 g/mol. The highest BCUT2D eigenvalue weighted by Gasteiger charge is 2.05. The summed E-state index contributed by atoms with van der Waals surface area (Å²) in [6.45, 7) is 2.04. The maximum absolute atomic E-state index is 5.83. The summed E-state index contributed by atoms with van der Waals surface area (Å²) in [4.78, 5) is 0. The Hall–Kier alpha value is -1.28. The fourth-order valence-corrected chi connectivity index (χ4v) is 1.95. The Morgan fingerprint density at radius 3 is 2.86 bits per heavy atom. The molecule has 0 fully saturated rings. The lowest BCUT2D eigenvalue weighted by Gasteiger charge is -2.08. The van der Waals surface area contributed by atoms with Crippen molar-refractivity contribution in [3.8, 4) is 0 Å². The molecule has 0 saturated carbocycles. The van der Waals surface area contributed by atoms with Crippen molar-refractivity contribution >= 4 is 10.9 Å². The molecule has 1 aromatic carbocycles. The number of hydrogen-bond acceptors (Lipinski definition) is 1. The van der Waals surface area contributed by atoms with Gasteiger partial charge in [0.15, 0.2) is 0 Å². The summed E-state index contributed by atoms with van der Waals surface area (Å²) < 4.78 is 2.16. The van der Waals surface area contributed by atoms with Crippen LogP contribution in [0.25, 0.3) is 10.9 Å². The molecule has 0 aliphatic rings. The molecule has 0 spiro atoms. The van der Waals surface area contributed by atoms with Crippen LogP contribution in [0, 0.1) is 0 Å². The van der Waals surface area contributed by atoms with Crippen molar-refractivity contribution in [2.75, 3.05) is 0 Å². The van der Waals surface area contributed by atoms with Gasteiger partial charge >= 0.3 is 0 Å². The highest BCUT2D eigenvalue weighted by Crippen LogP contribution is 2.20. The Balaban J connectivity index is 2.57. The molecule has 2 rings (SSSR count). The van der Waals surface area contributed by atoms with Crippen LogP contribution in [0.2, 0.25) is 0 Å². The van der Waals surface area contributed by atoms with Gasteiger partial charge in [0.1, 0.15) is 0 Å². The van der Waals surface area contributed by atoms with Gasteiger partial charge in [0.05, 0.1) is 5.52 Å². The molecule has 0 bridgehead atoms. The summed E-state index contributed by atoms with van der Waals surface area (Å²) in [6, 6.07) is 8.75. The Morgan fingerprint density at radius 2 is 2.14 bits per heavy atom. The first-order chi connectivity index (χ1) is 6.68. The smallest absolute Gasteiger partial charge is 0.0510 e. The molecule has 0 radical (unpaired) electrons. The first-order valence-corrected chi connectivity index (χ1v) is 4.97. The summed E-state index contributed by atoms with van der Waals surface area (Å²) >= 11 is 0. The molecule has 0 unspecified atom stereocenters. The number of nitrogens with zero attached hydrogens (tertiary/aromatic N) is 1.